The minimum atomic E-state index is -1.12. The molecule has 0 aliphatic carbocycles. The maximum absolute atomic E-state index is 11.3. The van der Waals surface area contributed by atoms with Crippen molar-refractivity contribution in [2.24, 2.45) is 0 Å². The van der Waals surface area contributed by atoms with Gasteiger partial charge in [-0.3, -0.25) is 10.1 Å². The fraction of sp³-hybridized carbons (Fsp3) is 0.167. The van der Waals surface area contributed by atoms with Crippen LogP contribution in [-0.4, -0.2) is 21.0 Å². The summed E-state index contributed by atoms with van der Waals surface area (Å²) >= 11 is 1.26. The molecule has 2 aromatic heterocycles. The van der Waals surface area contributed by atoms with Crippen molar-refractivity contribution in [1.82, 2.24) is 4.98 Å². The molecule has 1 atom stereocenters. The lowest BCUT2D eigenvalue weighted by atomic mass is 10.2. The van der Waals surface area contributed by atoms with E-state index in [1.54, 1.807) is 24.4 Å². The summed E-state index contributed by atoms with van der Waals surface area (Å²) in [6.45, 7) is 1.68. The van der Waals surface area contributed by atoms with Crippen LogP contribution in [0.3, 0.4) is 0 Å². The zero-order valence-corrected chi connectivity index (χ0v) is 11.3. The molecule has 2 aromatic rings. The molecular weight excluding hydrogens is 282 g/mol. The summed E-state index contributed by atoms with van der Waals surface area (Å²) < 4.78 is 0. The van der Waals surface area contributed by atoms with Crippen LogP contribution in [-0.2, 0) is 4.79 Å². The minimum absolute atomic E-state index is 0.0456. The molecule has 0 spiro atoms. The minimum Gasteiger partial charge on any atom is -0.479 e. The van der Waals surface area contributed by atoms with E-state index in [-0.39, 0.29) is 11.5 Å². The molecule has 7 nitrogen and oxygen atoms in total. The van der Waals surface area contributed by atoms with E-state index < -0.39 is 16.9 Å². The summed E-state index contributed by atoms with van der Waals surface area (Å²) in [5.41, 5.74) is 0.312. The first-order valence-corrected chi connectivity index (χ1v) is 6.52. The number of carboxylic acids is 1. The molecule has 104 valence electrons. The number of aliphatic carboxylic acids is 1. The number of carbonyl (C=O) groups is 1. The van der Waals surface area contributed by atoms with Gasteiger partial charge in [0, 0.05) is 16.6 Å². The Balaban J connectivity index is 2.38. The van der Waals surface area contributed by atoms with Crippen molar-refractivity contribution in [2.75, 3.05) is 5.32 Å². The number of aryl methyl sites for hydroxylation is 1. The molecule has 0 aromatic carbocycles. The zero-order valence-electron chi connectivity index (χ0n) is 10.4. The maximum atomic E-state index is 11.3. The summed E-state index contributed by atoms with van der Waals surface area (Å²) in [5, 5.41) is 24.6. The molecule has 0 bridgehead atoms. The van der Waals surface area contributed by atoms with Crippen molar-refractivity contribution in [3.05, 3.63) is 50.3 Å². The van der Waals surface area contributed by atoms with E-state index in [0.29, 0.717) is 10.6 Å². The Hall–Kier alpha value is -2.48. The molecule has 0 fully saturated rings. The number of anilines is 1. The highest BCUT2D eigenvalue weighted by Crippen LogP contribution is 2.28. The second-order valence-corrected chi connectivity index (χ2v) is 4.99. The Morgan fingerprint density at radius 1 is 1.50 bits per heavy atom. The van der Waals surface area contributed by atoms with Gasteiger partial charge >= 0.3 is 11.7 Å². The summed E-state index contributed by atoms with van der Waals surface area (Å²) in [5.74, 6) is -1.17. The predicted molar refractivity (Wildman–Crippen MR) is 73.9 cm³/mol. The van der Waals surface area contributed by atoms with Crippen LogP contribution in [0.2, 0.25) is 0 Å². The van der Waals surface area contributed by atoms with Gasteiger partial charge in [-0.2, -0.15) is 0 Å². The van der Waals surface area contributed by atoms with Gasteiger partial charge in [-0.25, -0.2) is 9.78 Å². The molecule has 8 heteroatoms. The molecule has 0 radical (unpaired) electrons. The number of nitrogens with zero attached hydrogens (tertiary/aromatic N) is 2. The smallest absolute Gasteiger partial charge is 0.331 e. The van der Waals surface area contributed by atoms with Crippen LogP contribution in [0.25, 0.3) is 0 Å². The summed E-state index contributed by atoms with van der Waals surface area (Å²) in [7, 11) is 0. The number of aromatic nitrogens is 1. The van der Waals surface area contributed by atoms with Crippen LogP contribution in [0.4, 0.5) is 11.5 Å². The second kappa shape index (κ2) is 5.66. The molecule has 0 aliphatic heterocycles. The average molecular weight is 293 g/mol. The fourth-order valence-electron chi connectivity index (χ4n) is 1.65. The third-order valence-corrected chi connectivity index (χ3v) is 3.50. The summed E-state index contributed by atoms with van der Waals surface area (Å²) in [6.07, 6.45) is 0. The lowest BCUT2D eigenvalue weighted by Crippen LogP contribution is -2.20. The van der Waals surface area contributed by atoms with E-state index in [2.05, 4.69) is 10.3 Å². The van der Waals surface area contributed by atoms with Crippen LogP contribution in [0, 0.1) is 17.0 Å². The number of nitro groups is 1. The quantitative estimate of drug-likeness (QED) is 0.648. The highest BCUT2D eigenvalue weighted by Gasteiger charge is 2.25. The van der Waals surface area contributed by atoms with E-state index in [0.717, 1.165) is 0 Å². The Kier molecular flexibility index (Phi) is 3.94. The SMILES string of the molecule is Cc1ccc([N+](=O)[O-])c(NC(C(=O)O)c2cccs2)n1. The van der Waals surface area contributed by atoms with Crippen molar-refractivity contribution in [3.8, 4) is 0 Å². The van der Waals surface area contributed by atoms with Gasteiger partial charge in [-0.1, -0.05) is 6.07 Å². The molecule has 0 amide bonds. The topological polar surface area (TPSA) is 105 Å². The normalized spacial score (nSPS) is 11.8. The first kappa shape index (κ1) is 13.9. The average Bonchev–Trinajstić information content (AvgIpc) is 2.88. The van der Waals surface area contributed by atoms with Crippen molar-refractivity contribution in [1.29, 1.82) is 0 Å². The predicted octanol–water partition coefficient (Wildman–Crippen LogP) is 2.60. The van der Waals surface area contributed by atoms with Crippen molar-refractivity contribution in [2.45, 2.75) is 13.0 Å². The van der Waals surface area contributed by atoms with Crippen LogP contribution in [0.15, 0.2) is 29.6 Å². The first-order chi connectivity index (χ1) is 9.49. The van der Waals surface area contributed by atoms with Gasteiger partial charge in [0.2, 0.25) is 5.82 Å². The van der Waals surface area contributed by atoms with Crippen molar-refractivity contribution >= 4 is 28.8 Å². The van der Waals surface area contributed by atoms with E-state index in [9.17, 15) is 20.0 Å². The Morgan fingerprint density at radius 3 is 2.80 bits per heavy atom. The zero-order chi connectivity index (χ0) is 14.7. The standard InChI is InChI=1S/C12H11N3O4S/c1-7-4-5-8(15(18)19)11(13-7)14-10(12(16)17)9-3-2-6-20-9/h2-6,10H,1H3,(H,13,14)(H,16,17). The number of rotatable bonds is 5. The van der Waals surface area contributed by atoms with E-state index >= 15 is 0 Å². The number of pyridine rings is 1. The van der Waals surface area contributed by atoms with Gasteiger partial charge in [0.05, 0.1) is 4.92 Å². The largest absolute Gasteiger partial charge is 0.479 e. The van der Waals surface area contributed by atoms with Gasteiger partial charge < -0.3 is 10.4 Å². The van der Waals surface area contributed by atoms with Crippen LogP contribution >= 0.6 is 11.3 Å². The molecule has 2 heterocycles. The summed E-state index contributed by atoms with van der Waals surface area (Å²) in [4.78, 5) is 26.2. The number of hydrogen-bond acceptors (Lipinski definition) is 6. The fourth-order valence-corrected chi connectivity index (χ4v) is 2.42. The monoisotopic (exact) mass is 293 g/mol. The molecule has 1 unspecified atom stereocenters. The van der Waals surface area contributed by atoms with Gasteiger partial charge in [-0.05, 0) is 24.4 Å². The molecular formula is C12H11N3O4S. The van der Waals surface area contributed by atoms with Gasteiger partial charge in [0.1, 0.15) is 0 Å². The van der Waals surface area contributed by atoms with Crippen LogP contribution in [0.5, 0.6) is 0 Å². The van der Waals surface area contributed by atoms with E-state index in [1.807, 2.05) is 0 Å². The Morgan fingerprint density at radius 2 is 2.25 bits per heavy atom. The second-order valence-electron chi connectivity index (χ2n) is 4.01. The van der Waals surface area contributed by atoms with Crippen molar-refractivity contribution in [3.63, 3.8) is 0 Å². The number of carboxylic acid groups (broad SMARTS) is 1. The van der Waals surface area contributed by atoms with Gasteiger partial charge in [0.25, 0.3) is 0 Å². The van der Waals surface area contributed by atoms with Crippen molar-refractivity contribution < 1.29 is 14.8 Å². The molecule has 2 rings (SSSR count). The molecule has 0 aliphatic rings. The first-order valence-electron chi connectivity index (χ1n) is 5.64. The lowest BCUT2D eigenvalue weighted by Gasteiger charge is -2.13. The van der Waals surface area contributed by atoms with E-state index in [1.165, 1.54) is 23.5 Å². The highest BCUT2D eigenvalue weighted by atomic mass is 32.1. The molecule has 2 N–H and O–H groups in total. The molecule has 20 heavy (non-hydrogen) atoms. The van der Waals surface area contributed by atoms with E-state index in [4.69, 9.17) is 0 Å². The highest BCUT2D eigenvalue weighted by molar-refractivity contribution is 7.10. The van der Waals surface area contributed by atoms with Crippen LogP contribution < -0.4 is 5.32 Å². The van der Waals surface area contributed by atoms with Crippen LogP contribution in [0.1, 0.15) is 16.6 Å². The molecule has 0 saturated carbocycles. The number of hydrogen-bond donors (Lipinski definition) is 2. The third-order valence-electron chi connectivity index (χ3n) is 2.57. The van der Waals surface area contributed by atoms with Gasteiger partial charge in [0.15, 0.2) is 6.04 Å². The Bertz CT molecular complexity index is 642. The summed E-state index contributed by atoms with van der Waals surface area (Å²) in [6, 6.07) is 5.11. The maximum Gasteiger partial charge on any atom is 0.331 e. The Labute approximate surface area is 118 Å². The number of thiophene rings is 1. The molecule has 0 saturated heterocycles. The lowest BCUT2D eigenvalue weighted by molar-refractivity contribution is -0.384. The third kappa shape index (κ3) is 2.91. The van der Waals surface area contributed by atoms with Gasteiger partial charge in [-0.15, -0.1) is 11.3 Å². The number of nitrogens with one attached hydrogen (secondary N) is 1.